The number of halogens is 2. The van der Waals surface area contributed by atoms with E-state index >= 15 is 0 Å². The Bertz CT molecular complexity index is 6.00. The third-order valence-corrected chi connectivity index (χ3v) is 0. The molecule has 0 radical (unpaired) electrons. The second kappa shape index (κ2) is 9.02. The maximum absolute atomic E-state index is 4.26. The summed E-state index contributed by atoms with van der Waals surface area (Å²) in [4.78, 5) is 0. The molecule has 0 amide bonds. The second-order valence-electron chi connectivity index (χ2n) is 0.0583. The molecule has 0 N–H and O–H groups in total. The van der Waals surface area contributed by atoms with Crippen LogP contribution in [0.15, 0.2) is 0 Å². The normalized spacial score (nSPS) is 4.50. The molecular weight excluding hydrogens is 118 g/mol. The summed E-state index contributed by atoms with van der Waals surface area (Å²) in [5.41, 5.74) is 0. The Morgan fingerprint density at radius 1 is 1.25 bits per heavy atom. The van der Waals surface area contributed by atoms with Gasteiger partial charge in [-0.1, -0.05) is 0 Å². The molecule has 0 aliphatic heterocycles. The van der Waals surface area contributed by atoms with Crippen molar-refractivity contribution in [1.82, 2.24) is 0 Å². The molecule has 0 rings (SSSR count). The van der Waals surface area contributed by atoms with Gasteiger partial charge in [-0.2, -0.15) is 3.84 Å². The zero-order valence-electron chi connectivity index (χ0n) is 1.61. The Morgan fingerprint density at radius 2 is 1.25 bits per heavy atom. The predicted molar refractivity (Wildman–Crippen MR) is 19.7 cm³/mol. The molecule has 0 aromatic heterocycles. The molecule has 20 valence electrons. The third kappa shape index (κ3) is 12.3. The van der Waals surface area contributed by atoms with Gasteiger partial charge in [0, 0.05) is 0 Å². The third-order valence-electron chi connectivity index (χ3n) is 0. The summed E-state index contributed by atoms with van der Waals surface area (Å²) in [6.45, 7) is 0. The van der Waals surface area contributed by atoms with Crippen molar-refractivity contribution in [2.24, 2.45) is 0 Å². The molecule has 0 aromatic carbocycles. The number of rotatable bonds is 0. The van der Waals surface area contributed by atoms with Gasteiger partial charge in [0.05, 0.1) is 23.7 Å². The van der Waals surface area contributed by atoms with E-state index in [1.54, 1.807) is 0 Å². The van der Waals surface area contributed by atoms with E-state index in [1.165, 1.54) is 0 Å². The number of hydrogen-bond acceptors (Lipinski definition) is 1. The first-order valence-electron chi connectivity index (χ1n) is 0.309. The van der Waals surface area contributed by atoms with Crippen LogP contribution in [-0.4, -0.2) is 0 Å². The van der Waals surface area contributed by atoms with Crippen molar-refractivity contribution in [1.29, 1.82) is 0 Å². The van der Waals surface area contributed by atoms with Crippen molar-refractivity contribution >= 4 is 33.6 Å². The van der Waals surface area contributed by atoms with Gasteiger partial charge in [-0.25, -0.2) is 0 Å². The fourth-order valence-electron chi connectivity index (χ4n) is 0. The first kappa shape index (κ1) is 8.88. The maximum Gasteiger partial charge on any atom is 5.00 e. The van der Waals surface area contributed by atoms with Crippen LogP contribution >= 0.6 is 33.6 Å². The average Bonchev–Trinajstić information content (AvgIpc) is 0.918. The van der Waals surface area contributed by atoms with E-state index in [1.807, 2.05) is 0 Å². The average molecular weight is 118 g/mol. The molecule has 0 bridgehead atoms. The van der Waals surface area contributed by atoms with Crippen LogP contribution in [0.1, 0.15) is 0 Å². The van der Waals surface area contributed by atoms with Crippen molar-refractivity contribution in [2.75, 3.05) is 0 Å². The fraction of sp³-hybridized carbons (Fsp3) is 0. The Kier molecular flexibility index (Phi) is 20.0. The molecule has 0 aliphatic carbocycles. The summed E-state index contributed by atoms with van der Waals surface area (Å²) < 4.78 is 3.19. The molecule has 0 aliphatic rings. The molecule has 0 aromatic rings. The largest absolute Gasteiger partial charge is 5.00 e. The van der Waals surface area contributed by atoms with E-state index in [4.69, 9.17) is 0 Å². The quantitative estimate of drug-likeness (QED) is 0.442. The summed E-state index contributed by atoms with van der Waals surface area (Å²) in [7, 11) is 0. The molecule has 0 saturated heterocycles. The second-order valence-corrected chi connectivity index (χ2v) is 0.525. The van der Waals surface area contributed by atoms with Gasteiger partial charge in [0.1, 0.15) is 0 Å². The van der Waals surface area contributed by atoms with Gasteiger partial charge in [0.2, 0.25) is 0 Å². The van der Waals surface area contributed by atoms with Crippen molar-refractivity contribution in [3.05, 3.63) is 0 Å². The molecule has 0 atom stereocenters. The Labute approximate surface area is 38.2 Å². The SMILES string of the molecule is ClOCl.[P+5]. The zero-order valence-corrected chi connectivity index (χ0v) is 4.02. The summed E-state index contributed by atoms with van der Waals surface area (Å²) in [6, 6.07) is 0. The summed E-state index contributed by atoms with van der Waals surface area (Å²) in [6.07, 6.45) is 0. The first-order valence-corrected chi connectivity index (χ1v) is 0.926. The summed E-state index contributed by atoms with van der Waals surface area (Å²) in [5, 5.41) is 0. The zero-order chi connectivity index (χ0) is 2.71. The van der Waals surface area contributed by atoms with Gasteiger partial charge in [0.25, 0.3) is 0 Å². The molecule has 0 fully saturated rings. The van der Waals surface area contributed by atoms with Crippen LogP contribution in [0.3, 0.4) is 0 Å². The molecular formula is Cl2OP+5. The van der Waals surface area contributed by atoms with Crippen LogP contribution in [0.2, 0.25) is 0 Å². The van der Waals surface area contributed by atoms with Gasteiger partial charge < -0.3 is 0 Å². The van der Waals surface area contributed by atoms with Crippen LogP contribution in [0.5, 0.6) is 0 Å². The minimum atomic E-state index is 0. The molecule has 4 heavy (non-hydrogen) atoms. The molecule has 0 heterocycles. The van der Waals surface area contributed by atoms with Crippen molar-refractivity contribution in [3.63, 3.8) is 0 Å². The topological polar surface area (TPSA) is 9.23 Å². The van der Waals surface area contributed by atoms with E-state index in [2.05, 4.69) is 27.6 Å². The Morgan fingerprint density at radius 3 is 1.25 bits per heavy atom. The van der Waals surface area contributed by atoms with E-state index in [0.29, 0.717) is 0 Å². The van der Waals surface area contributed by atoms with Crippen LogP contribution in [-0.2, 0) is 3.84 Å². The van der Waals surface area contributed by atoms with Crippen molar-refractivity contribution < 1.29 is 3.84 Å². The van der Waals surface area contributed by atoms with Gasteiger partial charge in [-0.3, -0.25) is 0 Å². The monoisotopic (exact) mass is 117 g/mol. The standard InChI is InChI=1S/Cl2O.P/c1-3-2;/q;+5. The van der Waals surface area contributed by atoms with E-state index in [9.17, 15) is 0 Å². The minimum absolute atomic E-state index is 0. The van der Waals surface area contributed by atoms with E-state index < -0.39 is 0 Å². The van der Waals surface area contributed by atoms with Crippen LogP contribution < -0.4 is 0 Å². The molecule has 0 spiro atoms. The molecule has 4 heteroatoms. The van der Waals surface area contributed by atoms with E-state index in [-0.39, 0.29) is 9.90 Å². The smallest absolute Gasteiger partial charge is 0.166 e. The number of hydrogen-bond donors (Lipinski definition) is 0. The Balaban J connectivity index is 0. The first-order chi connectivity index (χ1) is 1.41. The maximum atomic E-state index is 4.26. The minimum Gasteiger partial charge on any atom is -0.166 e. The molecule has 0 unspecified atom stereocenters. The van der Waals surface area contributed by atoms with Crippen LogP contribution in [0.4, 0.5) is 0 Å². The van der Waals surface area contributed by atoms with Gasteiger partial charge in [0.15, 0.2) is 0 Å². The van der Waals surface area contributed by atoms with E-state index in [0.717, 1.165) is 0 Å². The van der Waals surface area contributed by atoms with Crippen molar-refractivity contribution in [2.45, 2.75) is 0 Å². The van der Waals surface area contributed by atoms with Gasteiger partial charge >= 0.3 is 9.90 Å². The molecule has 1 nitrogen and oxygen atoms in total. The van der Waals surface area contributed by atoms with Gasteiger partial charge in [-0.15, -0.1) is 0 Å². The van der Waals surface area contributed by atoms with Crippen LogP contribution in [0, 0.1) is 0 Å². The Hall–Kier alpha value is 0.970. The van der Waals surface area contributed by atoms with Crippen LogP contribution in [0.25, 0.3) is 0 Å². The molecule has 0 saturated carbocycles. The summed E-state index contributed by atoms with van der Waals surface area (Å²) >= 11 is 8.53. The van der Waals surface area contributed by atoms with Gasteiger partial charge in [-0.05, 0) is 0 Å². The summed E-state index contributed by atoms with van der Waals surface area (Å²) in [5.74, 6) is 0. The fourth-order valence-corrected chi connectivity index (χ4v) is 0. The predicted octanol–water partition coefficient (Wildman–Crippen LogP) is 2.17. The van der Waals surface area contributed by atoms with Crippen molar-refractivity contribution in [3.8, 4) is 0 Å².